The maximum Gasteiger partial charge on any atom is 0.205 e. The largest absolute Gasteiger partial charge is 0.472 e. The lowest BCUT2D eigenvalue weighted by molar-refractivity contribution is -0.342. The number of hydrogen-bond donors (Lipinski definition) is 4. The first-order valence-corrected chi connectivity index (χ1v) is 8.24. The third kappa shape index (κ3) is 2.98. The van der Waals surface area contributed by atoms with E-state index >= 15 is 0 Å². The molecule has 24 heavy (non-hydrogen) atoms. The number of carbonyl (C=O) groups excluding carboxylic acids is 1. The van der Waals surface area contributed by atoms with Gasteiger partial charge in [0.1, 0.15) is 30.7 Å². The van der Waals surface area contributed by atoms with Gasteiger partial charge in [-0.3, -0.25) is 4.79 Å². The summed E-state index contributed by atoms with van der Waals surface area (Å²) in [5, 5.41) is 39.0. The van der Waals surface area contributed by atoms with E-state index in [1.165, 1.54) is 6.26 Å². The number of aliphatic hydroxyl groups is 4. The first-order chi connectivity index (χ1) is 11.5. The molecule has 2 aliphatic heterocycles. The Labute approximate surface area is 139 Å². The third-order valence-corrected chi connectivity index (χ3v) is 5.39. The number of carbonyl (C=O) groups is 1. The van der Waals surface area contributed by atoms with E-state index in [9.17, 15) is 25.2 Å². The van der Waals surface area contributed by atoms with Crippen molar-refractivity contribution >= 4 is 6.29 Å². The molecule has 2 fully saturated rings. The van der Waals surface area contributed by atoms with Crippen LogP contribution in [0.3, 0.4) is 0 Å². The first-order valence-electron chi connectivity index (χ1n) is 8.24. The van der Waals surface area contributed by atoms with Gasteiger partial charge >= 0.3 is 0 Å². The van der Waals surface area contributed by atoms with Crippen molar-refractivity contribution in [1.82, 2.24) is 0 Å². The fourth-order valence-corrected chi connectivity index (χ4v) is 3.94. The second-order valence-corrected chi connectivity index (χ2v) is 6.81. The number of fused-ring (bicyclic) bond motifs is 1. The molecule has 1 aliphatic carbocycles. The molecule has 1 saturated heterocycles. The molecule has 9 atom stereocenters. The quantitative estimate of drug-likeness (QED) is 0.474. The zero-order valence-electron chi connectivity index (χ0n) is 13.4. The summed E-state index contributed by atoms with van der Waals surface area (Å²) in [6.07, 6.45) is -3.47. The minimum absolute atomic E-state index is 0.0288. The molecule has 0 unspecified atom stereocenters. The van der Waals surface area contributed by atoms with Crippen LogP contribution in [-0.4, -0.2) is 70.3 Å². The lowest BCUT2D eigenvalue weighted by atomic mass is 9.84. The van der Waals surface area contributed by atoms with Crippen LogP contribution in [0.5, 0.6) is 0 Å². The molecule has 4 N–H and O–H groups in total. The summed E-state index contributed by atoms with van der Waals surface area (Å²) in [6.45, 7) is 1.53. The second kappa shape index (κ2) is 7.07. The van der Waals surface area contributed by atoms with Gasteiger partial charge in [-0.1, -0.05) is 6.92 Å². The number of allylic oxidation sites excluding steroid dienone is 1. The van der Waals surface area contributed by atoms with Gasteiger partial charge in [-0.15, -0.1) is 0 Å². The summed E-state index contributed by atoms with van der Waals surface area (Å²) >= 11 is 0. The highest BCUT2D eigenvalue weighted by Crippen LogP contribution is 2.46. The number of aliphatic hydroxyl groups excluding tert-OH is 4. The van der Waals surface area contributed by atoms with Crippen molar-refractivity contribution in [3.8, 4) is 0 Å². The topological polar surface area (TPSA) is 126 Å². The monoisotopic (exact) mass is 344 g/mol. The molecule has 0 aromatic heterocycles. The van der Waals surface area contributed by atoms with Crippen LogP contribution in [-0.2, 0) is 19.0 Å². The summed E-state index contributed by atoms with van der Waals surface area (Å²) in [5.74, 6) is 0.220. The van der Waals surface area contributed by atoms with Gasteiger partial charge in [-0.05, 0) is 24.7 Å². The van der Waals surface area contributed by atoms with Gasteiger partial charge in [-0.25, -0.2) is 0 Å². The summed E-state index contributed by atoms with van der Waals surface area (Å²) in [6, 6.07) is 0. The van der Waals surface area contributed by atoms with E-state index in [0.29, 0.717) is 5.57 Å². The number of ether oxygens (including phenoxy) is 3. The van der Waals surface area contributed by atoms with Gasteiger partial charge < -0.3 is 34.6 Å². The molecule has 0 amide bonds. The Hall–Kier alpha value is -1.03. The molecule has 1 saturated carbocycles. The maximum atomic E-state index is 11.2. The van der Waals surface area contributed by atoms with Gasteiger partial charge in [0.25, 0.3) is 0 Å². The van der Waals surface area contributed by atoms with Crippen molar-refractivity contribution in [3.05, 3.63) is 11.8 Å². The van der Waals surface area contributed by atoms with Gasteiger partial charge in [0.05, 0.1) is 12.9 Å². The highest BCUT2D eigenvalue weighted by molar-refractivity contribution is 5.74. The Bertz CT molecular complexity index is 492. The minimum Gasteiger partial charge on any atom is -0.472 e. The number of hydrogen-bond acceptors (Lipinski definition) is 8. The molecule has 8 nitrogen and oxygen atoms in total. The van der Waals surface area contributed by atoms with Gasteiger partial charge in [0, 0.05) is 11.5 Å². The highest BCUT2D eigenvalue weighted by atomic mass is 16.8. The Morgan fingerprint density at radius 1 is 1.21 bits per heavy atom. The molecule has 8 heteroatoms. The molecule has 3 rings (SSSR count). The number of rotatable bonds is 4. The molecule has 0 radical (unpaired) electrons. The van der Waals surface area contributed by atoms with Gasteiger partial charge in [-0.2, -0.15) is 0 Å². The SMILES string of the molecule is C[C@@H]1CC[C@@H]2C(C=O)=CO[C@@H](O[C@H]3O[C@H](CO)[C@@H](O)[C@H](O)[C@H]3O)[C@H]12. The van der Waals surface area contributed by atoms with Crippen LogP contribution in [0.4, 0.5) is 0 Å². The second-order valence-electron chi connectivity index (χ2n) is 6.81. The summed E-state index contributed by atoms with van der Waals surface area (Å²) in [4.78, 5) is 11.2. The predicted molar refractivity (Wildman–Crippen MR) is 79.3 cm³/mol. The Balaban J connectivity index is 1.75. The van der Waals surface area contributed by atoms with Gasteiger partial charge in [0.2, 0.25) is 6.29 Å². The van der Waals surface area contributed by atoms with E-state index in [1.54, 1.807) is 0 Å². The molecule has 3 aliphatic rings. The van der Waals surface area contributed by atoms with Crippen LogP contribution in [0.1, 0.15) is 19.8 Å². The molecule has 0 aromatic carbocycles. The maximum absolute atomic E-state index is 11.2. The molecule has 0 bridgehead atoms. The highest BCUT2D eigenvalue weighted by Gasteiger charge is 2.49. The fraction of sp³-hybridized carbons (Fsp3) is 0.812. The molecule has 0 aromatic rings. The fourth-order valence-electron chi connectivity index (χ4n) is 3.94. The van der Waals surface area contributed by atoms with Crippen LogP contribution >= 0.6 is 0 Å². The van der Waals surface area contributed by atoms with Crippen LogP contribution in [0.2, 0.25) is 0 Å². The van der Waals surface area contributed by atoms with Crippen molar-refractivity contribution < 1.29 is 39.4 Å². The molecule has 2 heterocycles. The normalized spacial score (nSPS) is 48.4. The van der Waals surface area contributed by atoms with E-state index < -0.39 is 43.6 Å². The lowest BCUT2D eigenvalue weighted by Crippen LogP contribution is -2.60. The standard InChI is InChI=1S/C16H24O8/c1-7-2-3-9-8(4-17)6-22-15(11(7)9)24-16-14(21)13(20)12(19)10(5-18)23-16/h4,6-7,9-16,18-21H,2-3,5H2,1H3/t7-,9-,10-,11-,12-,13+,14-,15+,16-/m1/s1. The summed E-state index contributed by atoms with van der Waals surface area (Å²) < 4.78 is 16.6. The Kier molecular flexibility index (Phi) is 5.24. The zero-order chi connectivity index (χ0) is 17.4. The smallest absolute Gasteiger partial charge is 0.205 e. The summed E-state index contributed by atoms with van der Waals surface area (Å²) in [7, 11) is 0. The summed E-state index contributed by atoms with van der Waals surface area (Å²) in [5.41, 5.74) is 0.595. The number of aldehydes is 1. The van der Waals surface area contributed by atoms with Crippen molar-refractivity contribution in [2.75, 3.05) is 6.61 Å². The molecule has 136 valence electrons. The Morgan fingerprint density at radius 3 is 2.62 bits per heavy atom. The van der Waals surface area contributed by atoms with Crippen LogP contribution < -0.4 is 0 Å². The van der Waals surface area contributed by atoms with Crippen molar-refractivity contribution in [2.45, 2.75) is 56.8 Å². The van der Waals surface area contributed by atoms with E-state index in [4.69, 9.17) is 14.2 Å². The molecular weight excluding hydrogens is 320 g/mol. The van der Waals surface area contributed by atoms with E-state index in [-0.39, 0.29) is 17.8 Å². The van der Waals surface area contributed by atoms with Crippen LogP contribution in [0.15, 0.2) is 11.8 Å². The third-order valence-electron chi connectivity index (χ3n) is 5.39. The van der Waals surface area contributed by atoms with Gasteiger partial charge in [0.15, 0.2) is 6.29 Å². The van der Waals surface area contributed by atoms with Crippen LogP contribution in [0, 0.1) is 17.8 Å². The molecular formula is C16H24O8. The average molecular weight is 344 g/mol. The van der Waals surface area contributed by atoms with Crippen LogP contribution in [0.25, 0.3) is 0 Å². The Morgan fingerprint density at radius 2 is 1.96 bits per heavy atom. The van der Waals surface area contributed by atoms with Crippen molar-refractivity contribution in [2.24, 2.45) is 17.8 Å². The van der Waals surface area contributed by atoms with Crippen molar-refractivity contribution in [3.63, 3.8) is 0 Å². The predicted octanol–water partition coefficient (Wildman–Crippen LogP) is -1.10. The van der Waals surface area contributed by atoms with Crippen molar-refractivity contribution in [1.29, 1.82) is 0 Å². The zero-order valence-corrected chi connectivity index (χ0v) is 13.4. The van der Waals surface area contributed by atoms with E-state index in [1.807, 2.05) is 6.92 Å². The minimum atomic E-state index is -1.50. The lowest BCUT2D eigenvalue weighted by Gasteiger charge is -2.43. The van der Waals surface area contributed by atoms with E-state index in [2.05, 4.69) is 0 Å². The molecule has 0 spiro atoms. The van der Waals surface area contributed by atoms with E-state index in [0.717, 1.165) is 19.1 Å². The first kappa shape index (κ1) is 17.8. The average Bonchev–Trinajstić information content (AvgIpc) is 2.98.